The first kappa shape index (κ1) is 28.5. The molecule has 2 amide bonds. The number of amides is 2. The molecule has 0 saturated heterocycles. The zero-order valence-corrected chi connectivity index (χ0v) is 22.6. The van der Waals surface area contributed by atoms with E-state index in [0.29, 0.717) is 34.3 Å². The number of non-ortho nitro benzene ring substituents is 1. The van der Waals surface area contributed by atoms with Crippen molar-refractivity contribution in [2.24, 2.45) is 0 Å². The fraction of sp³-hybridized carbons (Fsp3) is 0.259. The highest BCUT2D eigenvalue weighted by molar-refractivity contribution is 7.99. The quantitative estimate of drug-likeness (QED) is 0.220. The van der Waals surface area contributed by atoms with Crippen molar-refractivity contribution in [3.05, 3.63) is 110 Å². The van der Waals surface area contributed by atoms with Gasteiger partial charge in [-0.05, 0) is 30.2 Å². The molecule has 0 aliphatic carbocycles. The Hall–Kier alpha value is -3.07. The molecule has 10 heteroatoms. The lowest BCUT2D eigenvalue weighted by molar-refractivity contribution is -0.384. The first-order chi connectivity index (χ1) is 17.8. The minimum Gasteiger partial charge on any atom is -0.355 e. The Kier molecular flexibility index (Phi) is 10.8. The predicted molar refractivity (Wildman–Crippen MR) is 149 cm³/mol. The third kappa shape index (κ3) is 8.21. The van der Waals surface area contributed by atoms with Crippen LogP contribution in [0.5, 0.6) is 0 Å². The van der Waals surface area contributed by atoms with E-state index in [1.165, 1.54) is 28.8 Å². The smallest absolute Gasteiger partial charge is 0.269 e. The maximum atomic E-state index is 13.6. The molecule has 0 bridgehead atoms. The molecule has 194 valence electrons. The molecule has 1 atom stereocenters. The van der Waals surface area contributed by atoms with Crippen LogP contribution in [0.3, 0.4) is 0 Å². The zero-order chi connectivity index (χ0) is 26.8. The van der Waals surface area contributed by atoms with E-state index in [1.54, 1.807) is 30.3 Å². The van der Waals surface area contributed by atoms with E-state index in [9.17, 15) is 19.7 Å². The molecular weight excluding hydrogens is 533 g/mol. The van der Waals surface area contributed by atoms with Gasteiger partial charge in [0, 0.05) is 53.0 Å². The molecule has 0 aliphatic heterocycles. The summed E-state index contributed by atoms with van der Waals surface area (Å²) in [6, 6.07) is 20.1. The average Bonchev–Trinajstić information content (AvgIpc) is 2.88. The van der Waals surface area contributed by atoms with Gasteiger partial charge < -0.3 is 10.2 Å². The summed E-state index contributed by atoms with van der Waals surface area (Å²) in [7, 11) is 0. The monoisotopic (exact) mass is 559 g/mol. The van der Waals surface area contributed by atoms with Gasteiger partial charge in [-0.1, -0.05) is 71.7 Å². The van der Waals surface area contributed by atoms with Crippen molar-refractivity contribution >= 4 is 52.5 Å². The Labute approximate surface area is 230 Å². The minimum absolute atomic E-state index is 0.0123. The number of nitro groups is 1. The van der Waals surface area contributed by atoms with Crippen LogP contribution in [0, 0.1) is 10.1 Å². The van der Waals surface area contributed by atoms with Crippen molar-refractivity contribution in [3.8, 4) is 0 Å². The number of halogens is 2. The van der Waals surface area contributed by atoms with E-state index in [1.807, 2.05) is 37.3 Å². The molecule has 1 N–H and O–H groups in total. The molecule has 0 spiro atoms. The zero-order valence-electron chi connectivity index (χ0n) is 20.2. The Morgan fingerprint density at radius 3 is 2.22 bits per heavy atom. The van der Waals surface area contributed by atoms with Crippen molar-refractivity contribution < 1.29 is 14.5 Å². The molecule has 0 fully saturated rings. The number of hydrogen-bond donors (Lipinski definition) is 1. The first-order valence-electron chi connectivity index (χ1n) is 11.6. The van der Waals surface area contributed by atoms with E-state index >= 15 is 0 Å². The van der Waals surface area contributed by atoms with Gasteiger partial charge in [0.15, 0.2) is 0 Å². The molecule has 0 aromatic heterocycles. The van der Waals surface area contributed by atoms with Crippen molar-refractivity contribution in [2.75, 3.05) is 12.3 Å². The van der Waals surface area contributed by atoms with Crippen LogP contribution in [0.15, 0.2) is 72.8 Å². The van der Waals surface area contributed by atoms with Gasteiger partial charge in [-0.25, -0.2) is 0 Å². The Bertz CT molecular complexity index is 1210. The van der Waals surface area contributed by atoms with Crippen molar-refractivity contribution in [2.45, 2.75) is 31.7 Å². The summed E-state index contributed by atoms with van der Waals surface area (Å²) in [6.07, 6.45) is 0.327. The SMILES string of the molecule is CCNC(=O)C(Cc1ccccc1)N(Cc1c(Cl)cccc1Cl)C(=O)CSCc1ccc([N+](=O)[O-])cc1. The molecular formula is C27H27Cl2N3O4S. The normalized spacial score (nSPS) is 11.5. The lowest BCUT2D eigenvalue weighted by Crippen LogP contribution is -2.51. The lowest BCUT2D eigenvalue weighted by atomic mass is 10.0. The number of thioether (sulfide) groups is 1. The molecule has 3 rings (SSSR count). The summed E-state index contributed by atoms with van der Waals surface area (Å²) >= 11 is 14.2. The number of benzene rings is 3. The second-order valence-corrected chi connectivity index (χ2v) is 10.0. The Morgan fingerprint density at radius 2 is 1.62 bits per heavy atom. The minimum atomic E-state index is -0.776. The van der Waals surface area contributed by atoms with Gasteiger partial charge in [-0.15, -0.1) is 11.8 Å². The first-order valence-corrected chi connectivity index (χ1v) is 13.6. The van der Waals surface area contributed by atoms with Gasteiger partial charge in [0.05, 0.1) is 10.7 Å². The topological polar surface area (TPSA) is 92.6 Å². The number of likely N-dealkylation sites (N-methyl/N-ethyl adjacent to an activating group) is 1. The van der Waals surface area contributed by atoms with Crippen molar-refractivity contribution in [3.63, 3.8) is 0 Å². The summed E-state index contributed by atoms with van der Waals surface area (Å²) in [4.78, 5) is 38.8. The van der Waals surface area contributed by atoms with Crippen molar-refractivity contribution in [1.29, 1.82) is 0 Å². The van der Waals surface area contributed by atoms with E-state index in [0.717, 1.165) is 11.1 Å². The Morgan fingerprint density at radius 1 is 0.973 bits per heavy atom. The third-order valence-electron chi connectivity index (χ3n) is 5.65. The number of nitro benzene ring substituents is 1. The number of nitrogens with zero attached hydrogens (tertiary/aromatic N) is 2. The van der Waals surface area contributed by atoms with Crippen molar-refractivity contribution in [1.82, 2.24) is 10.2 Å². The maximum absolute atomic E-state index is 13.6. The highest BCUT2D eigenvalue weighted by Crippen LogP contribution is 2.28. The van der Waals surface area contributed by atoms with Gasteiger partial charge in [0.2, 0.25) is 11.8 Å². The van der Waals surface area contributed by atoms with E-state index in [2.05, 4.69) is 5.32 Å². The van der Waals surface area contributed by atoms with E-state index in [-0.39, 0.29) is 29.8 Å². The lowest BCUT2D eigenvalue weighted by Gasteiger charge is -2.32. The standard InChI is InChI=1S/C27H27Cl2N3O4S/c1-2-30-27(34)25(15-19-7-4-3-5-8-19)31(16-22-23(28)9-6-10-24(22)29)26(33)18-37-17-20-11-13-21(14-12-20)32(35)36/h3-14,25H,2,15-18H2,1H3,(H,30,34). The number of nitrogens with one attached hydrogen (secondary N) is 1. The molecule has 3 aromatic rings. The van der Waals surface area contributed by atoms with Gasteiger partial charge in [0.1, 0.15) is 6.04 Å². The van der Waals surface area contributed by atoms with Crippen LogP contribution in [0.4, 0.5) is 5.69 Å². The van der Waals surface area contributed by atoms with Crippen LogP contribution in [-0.4, -0.2) is 40.0 Å². The van der Waals surface area contributed by atoms with Crippen LogP contribution in [0.2, 0.25) is 10.0 Å². The maximum Gasteiger partial charge on any atom is 0.269 e. The summed E-state index contributed by atoms with van der Waals surface area (Å²) in [5, 5.41) is 14.6. The number of rotatable bonds is 12. The van der Waals surface area contributed by atoms with Crippen LogP contribution in [0.1, 0.15) is 23.6 Å². The molecule has 3 aromatic carbocycles. The van der Waals surface area contributed by atoms with Gasteiger partial charge in [-0.3, -0.25) is 19.7 Å². The Balaban J connectivity index is 1.84. The number of hydrogen-bond acceptors (Lipinski definition) is 5. The number of carbonyl (C=O) groups excluding carboxylic acids is 2. The van der Waals surface area contributed by atoms with Gasteiger partial charge in [0.25, 0.3) is 5.69 Å². The third-order valence-corrected chi connectivity index (χ3v) is 7.35. The molecule has 1 unspecified atom stereocenters. The fourth-order valence-electron chi connectivity index (χ4n) is 3.75. The average molecular weight is 561 g/mol. The van der Waals surface area contributed by atoms with Crippen LogP contribution in [0.25, 0.3) is 0 Å². The molecule has 0 aliphatic rings. The molecule has 37 heavy (non-hydrogen) atoms. The molecule has 0 heterocycles. The largest absolute Gasteiger partial charge is 0.355 e. The second-order valence-electron chi connectivity index (χ2n) is 8.24. The van der Waals surface area contributed by atoms with Gasteiger partial charge in [-0.2, -0.15) is 0 Å². The summed E-state index contributed by atoms with van der Waals surface area (Å²) in [5.41, 5.74) is 2.36. The summed E-state index contributed by atoms with van der Waals surface area (Å²) < 4.78 is 0. The fourth-order valence-corrected chi connectivity index (χ4v) is 5.14. The van der Waals surface area contributed by atoms with Crippen LogP contribution in [-0.2, 0) is 28.3 Å². The number of carbonyl (C=O) groups is 2. The summed E-state index contributed by atoms with van der Waals surface area (Å²) in [6.45, 7) is 2.33. The van der Waals surface area contributed by atoms with E-state index in [4.69, 9.17) is 23.2 Å². The summed E-state index contributed by atoms with van der Waals surface area (Å²) in [5.74, 6) is 0.0805. The molecule has 0 saturated carbocycles. The highest BCUT2D eigenvalue weighted by atomic mass is 35.5. The van der Waals surface area contributed by atoms with Gasteiger partial charge >= 0.3 is 0 Å². The highest BCUT2D eigenvalue weighted by Gasteiger charge is 2.31. The van der Waals surface area contributed by atoms with E-state index < -0.39 is 11.0 Å². The van der Waals surface area contributed by atoms with Crippen LogP contribution >= 0.6 is 35.0 Å². The molecule has 0 radical (unpaired) electrons. The predicted octanol–water partition coefficient (Wildman–Crippen LogP) is 5.91. The van der Waals surface area contributed by atoms with Crippen LogP contribution < -0.4 is 5.32 Å². The second kappa shape index (κ2) is 14.0. The molecule has 7 nitrogen and oxygen atoms in total.